The minimum Gasteiger partial charge on any atom is -0.330 e. The summed E-state index contributed by atoms with van der Waals surface area (Å²) < 4.78 is 1.91. The Morgan fingerprint density at radius 3 is 2.95 bits per heavy atom. The molecular formula is C14H16ClN3OS. The van der Waals surface area contributed by atoms with Crippen molar-refractivity contribution in [3.05, 3.63) is 51.2 Å². The fourth-order valence-corrected chi connectivity index (χ4v) is 2.55. The lowest BCUT2D eigenvalue weighted by atomic mass is 10.2. The average molecular weight is 310 g/mol. The van der Waals surface area contributed by atoms with Crippen molar-refractivity contribution in [3.8, 4) is 0 Å². The van der Waals surface area contributed by atoms with Crippen molar-refractivity contribution in [3.63, 3.8) is 0 Å². The zero-order valence-electron chi connectivity index (χ0n) is 11.1. The highest BCUT2D eigenvalue weighted by Gasteiger charge is 2.10. The minimum atomic E-state index is -0.258. The number of rotatable bonds is 4. The Morgan fingerprint density at radius 2 is 2.25 bits per heavy atom. The minimum absolute atomic E-state index is 0.192. The summed E-state index contributed by atoms with van der Waals surface area (Å²) in [7, 11) is 0. The van der Waals surface area contributed by atoms with Gasteiger partial charge in [0.05, 0.1) is 6.54 Å². The van der Waals surface area contributed by atoms with E-state index in [0.717, 1.165) is 5.56 Å². The van der Waals surface area contributed by atoms with E-state index in [0.29, 0.717) is 22.9 Å². The second-order valence-electron chi connectivity index (χ2n) is 4.49. The number of nitrogens with zero attached hydrogens (tertiary/aromatic N) is 2. The second kappa shape index (κ2) is 6.83. The SMILES string of the molecule is CC(CN)C(=O)N=c1sccn1Cc1ccccc1Cl. The molecule has 2 N–H and O–H groups in total. The van der Waals surface area contributed by atoms with E-state index in [1.165, 1.54) is 11.3 Å². The molecule has 4 nitrogen and oxygen atoms in total. The third-order valence-electron chi connectivity index (χ3n) is 2.94. The van der Waals surface area contributed by atoms with Gasteiger partial charge >= 0.3 is 0 Å². The molecule has 0 aliphatic heterocycles. The first kappa shape index (κ1) is 15.0. The quantitative estimate of drug-likeness (QED) is 0.942. The molecule has 0 saturated heterocycles. The van der Waals surface area contributed by atoms with Crippen LogP contribution >= 0.6 is 22.9 Å². The van der Waals surface area contributed by atoms with Crippen molar-refractivity contribution in [2.75, 3.05) is 6.54 Å². The average Bonchev–Trinajstić information content (AvgIpc) is 2.87. The molecule has 0 aliphatic rings. The van der Waals surface area contributed by atoms with Gasteiger partial charge in [0.1, 0.15) is 0 Å². The summed E-state index contributed by atoms with van der Waals surface area (Å²) >= 11 is 7.57. The summed E-state index contributed by atoms with van der Waals surface area (Å²) in [4.78, 5) is 16.6. The third kappa shape index (κ3) is 3.56. The summed E-state index contributed by atoms with van der Waals surface area (Å²) in [5.74, 6) is -0.450. The maximum Gasteiger partial charge on any atom is 0.252 e. The van der Waals surface area contributed by atoms with Gasteiger partial charge in [-0.15, -0.1) is 11.3 Å². The van der Waals surface area contributed by atoms with Gasteiger partial charge in [0.2, 0.25) is 0 Å². The van der Waals surface area contributed by atoms with Crippen LogP contribution < -0.4 is 10.5 Å². The first-order valence-electron chi connectivity index (χ1n) is 6.27. The number of benzene rings is 1. The Balaban J connectivity index is 2.28. The number of nitrogens with two attached hydrogens (primary N) is 1. The number of carbonyl (C=O) groups is 1. The normalized spacial score (nSPS) is 13.4. The number of halogens is 1. The summed E-state index contributed by atoms with van der Waals surface area (Å²) in [6, 6.07) is 7.64. The number of thiazole rings is 1. The number of aromatic nitrogens is 1. The molecule has 1 unspecified atom stereocenters. The highest BCUT2D eigenvalue weighted by atomic mass is 35.5. The topological polar surface area (TPSA) is 60.4 Å². The second-order valence-corrected chi connectivity index (χ2v) is 5.77. The van der Waals surface area contributed by atoms with Crippen LogP contribution in [0.15, 0.2) is 40.8 Å². The number of carbonyl (C=O) groups excluding carboxylic acids is 1. The molecule has 6 heteroatoms. The lowest BCUT2D eigenvalue weighted by molar-refractivity contribution is -0.121. The standard InChI is InChI=1S/C14H16ClN3OS/c1-10(8-16)13(19)17-14-18(6-7-20-14)9-11-4-2-3-5-12(11)15/h2-7,10H,8-9,16H2,1H3. The van der Waals surface area contributed by atoms with E-state index < -0.39 is 0 Å². The molecule has 1 aromatic heterocycles. The van der Waals surface area contributed by atoms with Crippen LogP contribution in [-0.2, 0) is 11.3 Å². The molecule has 0 saturated carbocycles. The van der Waals surface area contributed by atoms with Gasteiger partial charge < -0.3 is 10.3 Å². The van der Waals surface area contributed by atoms with Crippen molar-refractivity contribution in [1.29, 1.82) is 0 Å². The predicted molar refractivity (Wildman–Crippen MR) is 81.7 cm³/mol. The number of hydrogen-bond acceptors (Lipinski definition) is 3. The molecule has 0 fully saturated rings. The monoisotopic (exact) mass is 309 g/mol. The zero-order valence-corrected chi connectivity index (χ0v) is 12.7. The largest absolute Gasteiger partial charge is 0.330 e. The van der Waals surface area contributed by atoms with Gasteiger partial charge in [0, 0.05) is 29.1 Å². The number of amides is 1. The van der Waals surface area contributed by atoms with Crippen molar-refractivity contribution in [2.45, 2.75) is 13.5 Å². The lowest BCUT2D eigenvalue weighted by Crippen LogP contribution is -2.23. The molecule has 106 valence electrons. The van der Waals surface area contributed by atoms with Crippen LogP contribution in [0.5, 0.6) is 0 Å². The van der Waals surface area contributed by atoms with E-state index in [4.69, 9.17) is 17.3 Å². The zero-order chi connectivity index (χ0) is 14.5. The number of hydrogen-bond donors (Lipinski definition) is 1. The summed E-state index contributed by atoms with van der Waals surface area (Å²) in [5.41, 5.74) is 6.48. The fraction of sp³-hybridized carbons (Fsp3) is 0.286. The van der Waals surface area contributed by atoms with E-state index in [1.807, 2.05) is 40.4 Å². The molecule has 0 aliphatic carbocycles. The third-order valence-corrected chi connectivity index (χ3v) is 4.10. The van der Waals surface area contributed by atoms with Gasteiger partial charge in [-0.2, -0.15) is 4.99 Å². The Labute approximate surface area is 126 Å². The van der Waals surface area contributed by atoms with Crippen molar-refractivity contribution < 1.29 is 4.79 Å². The smallest absolute Gasteiger partial charge is 0.252 e. The summed E-state index contributed by atoms with van der Waals surface area (Å²) in [6.07, 6.45) is 1.90. The molecule has 0 bridgehead atoms. The highest BCUT2D eigenvalue weighted by molar-refractivity contribution is 7.07. The first-order valence-corrected chi connectivity index (χ1v) is 7.53. The lowest BCUT2D eigenvalue weighted by Gasteiger charge is -2.06. The van der Waals surface area contributed by atoms with Gasteiger partial charge in [-0.1, -0.05) is 36.7 Å². The molecular weight excluding hydrogens is 294 g/mol. The molecule has 2 aromatic rings. The molecule has 0 radical (unpaired) electrons. The molecule has 20 heavy (non-hydrogen) atoms. The molecule has 1 aromatic carbocycles. The van der Waals surface area contributed by atoms with Crippen LogP contribution in [0.1, 0.15) is 12.5 Å². The maximum atomic E-state index is 11.8. The van der Waals surface area contributed by atoms with Gasteiger partial charge in [-0.05, 0) is 11.6 Å². The van der Waals surface area contributed by atoms with Crippen LogP contribution in [-0.4, -0.2) is 17.0 Å². The van der Waals surface area contributed by atoms with E-state index >= 15 is 0 Å². The molecule has 0 spiro atoms. The summed E-state index contributed by atoms with van der Waals surface area (Å²) in [5, 5.41) is 2.61. The first-order chi connectivity index (χ1) is 9.61. The van der Waals surface area contributed by atoms with Crippen molar-refractivity contribution in [1.82, 2.24) is 4.57 Å². The Morgan fingerprint density at radius 1 is 1.50 bits per heavy atom. The summed E-state index contributed by atoms with van der Waals surface area (Å²) in [6.45, 7) is 2.67. The van der Waals surface area contributed by atoms with Gasteiger partial charge in [0.15, 0.2) is 4.80 Å². The van der Waals surface area contributed by atoms with E-state index in [2.05, 4.69) is 4.99 Å². The Kier molecular flexibility index (Phi) is 5.11. The molecule has 1 amide bonds. The van der Waals surface area contributed by atoms with Crippen LogP contribution in [0, 0.1) is 5.92 Å². The van der Waals surface area contributed by atoms with Crippen LogP contribution in [0.4, 0.5) is 0 Å². The molecule has 1 heterocycles. The van der Waals surface area contributed by atoms with Crippen molar-refractivity contribution >= 4 is 28.8 Å². The molecule has 1 atom stereocenters. The van der Waals surface area contributed by atoms with Gasteiger partial charge in [-0.3, -0.25) is 4.79 Å². The Bertz CT molecular complexity index is 662. The van der Waals surface area contributed by atoms with Gasteiger partial charge in [-0.25, -0.2) is 0 Å². The van der Waals surface area contributed by atoms with Crippen LogP contribution in [0.3, 0.4) is 0 Å². The van der Waals surface area contributed by atoms with Gasteiger partial charge in [0.25, 0.3) is 5.91 Å². The Hall–Kier alpha value is -1.43. The maximum absolute atomic E-state index is 11.8. The predicted octanol–water partition coefficient (Wildman–Crippen LogP) is 2.27. The van der Waals surface area contributed by atoms with E-state index in [9.17, 15) is 4.79 Å². The van der Waals surface area contributed by atoms with Crippen LogP contribution in [0.25, 0.3) is 0 Å². The van der Waals surface area contributed by atoms with E-state index in [-0.39, 0.29) is 11.8 Å². The highest BCUT2D eigenvalue weighted by Crippen LogP contribution is 2.15. The van der Waals surface area contributed by atoms with E-state index in [1.54, 1.807) is 6.92 Å². The fourth-order valence-electron chi connectivity index (χ4n) is 1.62. The van der Waals surface area contributed by atoms with Crippen molar-refractivity contribution in [2.24, 2.45) is 16.6 Å². The van der Waals surface area contributed by atoms with Crippen LogP contribution in [0.2, 0.25) is 5.02 Å². The molecule has 2 rings (SSSR count).